The summed E-state index contributed by atoms with van der Waals surface area (Å²) in [4.78, 5) is 16.8. The average Bonchev–Trinajstić information content (AvgIpc) is 2.28. The zero-order chi connectivity index (χ0) is 12.4. The van der Waals surface area contributed by atoms with Crippen LogP contribution in [0.2, 0.25) is 0 Å². The molecule has 0 bridgehead atoms. The summed E-state index contributed by atoms with van der Waals surface area (Å²) >= 11 is 0. The Labute approximate surface area is 100 Å². The average molecular weight is 229 g/mol. The highest BCUT2D eigenvalue weighted by Gasteiger charge is 2.10. The lowest BCUT2D eigenvalue weighted by atomic mass is 10.1. The third-order valence-corrected chi connectivity index (χ3v) is 2.45. The van der Waals surface area contributed by atoms with Gasteiger partial charge in [-0.2, -0.15) is 9.97 Å². The van der Waals surface area contributed by atoms with Crippen LogP contribution in [0.25, 0.3) is 11.4 Å². The van der Waals surface area contributed by atoms with E-state index >= 15 is 0 Å². The lowest BCUT2D eigenvalue weighted by Gasteiger charge is -2.08. The molecule has 0 aliphatic heterocycles. The first-order chi connectivity index (χ1) is 8.08. The van der Waals surface area contributed by atoms with Crippen molar-refractivity contribution in [3.8, 4) is 11.4 Å². The van der Waals surface area contributed by atoms with Gasteiger partial charge in [0, 0.05) is 23.9 Å². The molecule has 2 heterocycles. The molecule has 2 N–H and O–H groups in total. The summed E-state index contributed by atoms with van der Waals surface area (Å²) in [5, 5.41) is 0. The summed E-state index contributed by atoms with van der Waals surface area (Å²) in [5.41, 5.74) is 7.67. The predicted octanol–water partition coefficient (Wildman–Crippen LogP) is 1.95. The van der Waals surface area contributed by atoms with Crippen LogP contribution in [-0.2, 0) is 0 Å². The minimum Gasteiger partial charge on any atom is -0.368 e. The summed E-state index contributed by atoms with van der Waals surface area (Å²) in [6.07, 6.45) is 3.50. The molecular formula is C12H15N5. The molecule has 2 rings (SSSR count). The molecule has 0 amide bonds. The summed E-state index contributed by atoms with van der Waals surface area (Å²) in [6, 6.07) is 1.88. The van der Waals surface area contributed by atoms with Crippen LogP contribution >= 0.6 is 0 Å². The number of nitrogens with two attached hydrogens (primary N) is 1. The number of aromatic nitrogens is 4. The van der Waals surface area contributed by atoms with Gasteiger partial charge in [-0.05, 0) is 18.6 Å². The van der Waals surface area contributed by atoms with Gasteiger partial charge in [0.05, 0.1) is 0 Å². The van der Waals surface area contributed by atoms with Gasteiger partial charge >= 0.3 is 0 Å². The van der Waals surface area contributed by atoms with E-state index in [9.17, 15) is 0 Å². The molecule has 0 atom stereocenters. The number of anilines is 1. The summed E-state index contributed by atoms with van der Waals surface area (Å²) in [5.74, 6) is 1.81. The Morgan fingerprint density at radius 2 is 1.94 bits per heavy atom. The van der Waals surface area contributed by atoms with E-state index in [1.807, 2.05) is 26.8 Å². The first-order valence-corrected chi connectivity index (χ1v) is 5.50. The van der Waals surface area contributed by atoms with Gasteiger partial charge in [-0.1, -0.05) is 13.8 Å². The van der Waals surface area contributed by atoms with Crippen molar-refractivity contribution >= 4 is 5.95 Å². The second-order valence-electron chi connectivity index (χ2n) is 4.22. The third kappa shape index (κ3) is 2.38. The number of aryl methyl sites for hydroxylation is 1. The molecule has 2 aromatic heterocycles. The molecule has 17 heavy (non-hydrogen) atoms. The van der Waals surface area contributed by atoms with E-state index in [-0.39, 0.29) is 11.9 Å². The maximum Gasteiger partial charge on any atom is 0.223 e. The molecule has 5 heteroatoms. The number of nitrogen functional groups attached to an aromatic ring is 1. The van der Waals surface area contributed by atoms with Crippen molar-refractivity contribution < 1.29 is 0 Å². The predicted molar refractivity (Wildman–Crippen MR) is 66.3 cm³/mol. The first kappa shape index (κ1) is 11.4. The second kappa shape index (κ2) is 4.45. The molecule has 88 valence electrons. The van der Waals surface area contributed by atoms with E-state index in [1.54, 1.807) is 12.4 Å². The maximum atomic E-state index is 5.71. The van der Waals surface area contributed by atoms with Gasteiger partial charge < -0.3 is 5.73 Å². The molecule has 0 saturated carbocycles. The maximum absolute atomic E-state index is 5.71. The molecule has 2 aromatic rings. The zero-order valence-electron chi connectivity index (χ0n) is 10.2. The molecule has 0 unspecified atom stereocenters. The van der Waals surface area contributed by atoms with Crippen molar-refractivity contribution in [1.82, 2.24) is 19.9 Å². The van der Waals surface area contributed by atoms with Crippen molar-refractivity contribution in [2.24, 2.45) is 0 Å². The molecule has 5 nitrogen and oxygen atoms in total. The van der Waals surface area contributed by atoms with Crippen LogP contribution < -0.4 is 5.73 Å². The number of pyridine rings is 1. The Hall–Kier alpha value is -2.04. The van der Waals surface area contributed by atoms with E-state index in [0.29, 0.717) is 11.6 Å². The van der Waals surface area contributed by atoms with Gasteiger partial charge in [0.15, 0.2) is 5.82 Å². The standard InChI is InChI=1S/C12H15N5/c1-7(2)10-15-11(17-12(13)16-10)9-4-5-14-6-8(9)3/h4-7H,1-3H3,(H2,13,15,16,17). The second-order valence-corrected chi connectivity index (χ2v) is 4.22. The number of hydrogen-bond donors (Lipinski definition) is 1. The minimum absolute atomic E-state index is 0.223. The van der Waals surface area contributed by atoms with Gasteiger partial charge in [-0.3, -0.25) is 4.98 Å². The monoisotopic (exact) mass is 229 g/mol. The largest absolute Gasteiger partial charge is 0.368 e. The van der Waals surface area contributed by atoms with Crippen molar-refractivity contribution in [3.05, 3.63) is 29.8 Å². The van der Waals surface area contributed by atoms with Gasteiger partial charge in [0.1, 0.15) is 5.82 Å². The Balaban J connectivity index is 2.56. The topological polar surface area (TPSA) is 77.6 Å². The fourth-order valence-corrected chi connectivity index (χ4v) is 1.51. The fraction of sp³-hybridized carbons (Fsp3) is 0.333. The van der Waals surface area contributed by atoms with Crippen molar-refractivity contribution in [3.63, 3.8) is 0 Å². The van der Waals surface area contributed by atoms with Gasteiger partial charge in [-0.25, -0.2) is 4.98 Å². The van der Waals surface area contributed by atoms with Gasteiger partial charge in [0.25, 0.3) is 0 Å². The molecule has 0 spiro atoms. The highest BCUT2D eigenvalue weighted by molar-refractivity contribution is 5.59. The first-order valence-electron chi connectivity index (χ1n) is 5.50. The SMILES string of the molecule is Cc1cnccc1-c1nc(N)nc(C(C)C)n1. The van der Waals surface area contributed by atoms with E-state index in [0.717, 1.165) is 11.1 Å². The van der Waals surface area contributed by atoms with Crippen LogP contribution in [0.4, 0.5) is 5.95 Å². The lowest BCUT2D eigenvalue weighted by molar-refractivity contribution is 0.767. The van der Waals surface area contributed by atoms with E-state index in [2.05, 4.69) is 19.9 Å². The summed E-state index contributed by atoms with van der Waals surface area (Å²) in [6.45, 7) is 6.02. The molecule has 0 fully saturated rings. The minimum atomic E-state index is 0.223. The fourth-order valence-electron chi connectivity index (χ4n) is 1.51. The van der Waals surface area contributed by atoms with Crippen LogP contribution in [0, 0.1) is 6.92 Å². The van der Waals surface area contributed by atoms with Gasteiger partial charge in [0.2, 0.25) is 5.95 Å². The van der Waals surface area contributed by atoms with Gasteiger partial charge in [-0.15, -0.1) is 0 Å². The van der Waals surface area contributed by atoms with Crippen molar-refractivity contribution in [2.75, 3.05) is 5.73 Å². The van der Waals surface area contributed by atoms with Crippen LogP contribution in [0.5, 0.6) is 0 Å². The number of nitrogens with zero attached hydrogens (tertiary/aromatic N) is 4. The number of hydrogen-bond acceptors (Lipinski definition) is 5. The van der Waals surface area contributed by atoms with E-state index in [4.69, 9.17) is 5.73 Å². The van der Waals surface area contributed by atoms with E-state index in [1.165, 1.54) is 0 Å². The third-order valence-electron chi connectivity index (χ3n) is 2.45. The Morgan fingerprint density at radius 1 is 1.18 bits per heavy atom. The molecule has 0 saturated heterocycles. The summed E-state index contributed by atoms with van der Waals surface area (Å²) in [7, 11) is 0. The normalized spacial score (nSPS) is 10.8. The highest BCUT2D eigenvalue weighted by Crippen LogP contribution is 2.20. The Morgan fingerprint density at radius 3 is 2.59 bits per heavy atom. The molecular weight excluding hydrogens is 214 g/mol. The molecule has 0 aliphatic carbocycles. The van der Waals surface area contributed by atoms with Crippen LogP contribution in [0.15, 0.2) is 18.5 Å². The van der Waals surface area contributed by atoms with Crippen molar-refractivity contribution in [2.45, 2.75) is 26.7 Å². The zero-order valence-corrected chi connectivity index (χ0v) is 10.2. The molecule has 0 radical (unpaired) electrons. The van der Waals surface area contributed by atoms with Crippen LogP contribution in [0.3, 0.4) is 0 Å². The smallest absolute Gasteiger partial charge is 0.223 e. The Kier molecular flexibility index (Phi) is 2.99. The number of rotatable bonds is 2. The van der Waals surface area contributed by atoms with Crippen molar-refractivity contribution in [1.29, 1.82) is 0 Å². The molecule has 0 aromatic carbocycles. The van der Waals surface area contributed by atoms with Crippen LogP contribution in [-0.4, -0.2) is 19.9 Å². The quantitative estimate of drug-likeness (QED) is 0.851. The summed E-state index contributed by atoms with van der Waals surface area (Å²) < 4.78 is 0. The Bertz CT molecular complexity index is 536. The molecule has 0 aliphatic rings. The highest BCUT2D eigenvalue weighted by atomic mass is 15.1. The lowest BCUT2D eigenvalue weighted by Crippen LogP contribution is -2.06. The van der Waals surface area contributed by atoms with Crippen LogP contribution in [0.1, 0.15) is 31.2 Å². The van der Waals surface area contributed by atoms with E-state index < -0.39 is 0 Å².